The SMILES string of the molecule is Cc1cc(CNC2CCC(C(=O)O)CC2)ccc1-c1ccccc1. The number of hydrogen-bond acceptors (Lipinski definition) is 2. The van der Waals surface area contributed by atoms with Gasteiger partial charge in [0.1, 0.15) is 0 Å². The lowest BCUT2D eigenvalue weighted by Crippen LogP contribution is -2.34. The van der Waals surface area contributed by atoms with Crippen LogP contribution < -0.4 is 5.32 Å². The molecule has 24 heavy (non-hydrogen) atoms. The molecule has 3 rings (SSSR count). The highest BCUT2D eigenvalue weighted by Crippen LogP contribution is 2.26. The predicted octanol–water partition coefficient (Wildman–Crippen LogP) is 4.40. The van der Waals surface area contributed by atoms with Gasteiger partial charge in [0.25, 0.3) is 0 Å². The molecule has 126 valence electrons. The zero-order valence-electron chi connectivity index (χ0n) is 14.2. The number of carboxylic acids is 1. The molecule has 1 saturated carbocycles. The van der Waals surface area contributed by atoms with Crippen LogP contribution >= 0.6 is 0 Å². The van der Waals surface area contributed by atoms with E-state index in [0.717, 1.165) is 32.2 Å². The van der Waals surface area contributed by atoms with Crippen molar-refractivity contribution in [3.05, 3.63) is 59.7 Å². The van der Waals surface area contributed by atoms with E-state index in [1.165, 1.54) is 22.3 Å². The van der Waals surface area contributed by atoms with Crippen LogP contribution in [0.5, 0.6) is 0 Å². The summed E-state index contributed by atoms with van der Waals surface area (Å²) in [6.45, 7) is 3.00. The van der Waals surface area contributed by atoms with Crippen LogP contribution in [0.15, 0.2) is 48.5 Å². The maximum absolute atomic E-state index is 11.0. The minimum Gasteiger partial charge on any atom is -0.481 e. The largest absolute Gasteiger partial charge is 0.481 e. The summed E-state index contributed by atoms with van der Waals surface area (Å²) in [6, 6.07) is 17.5. The van der Waals surface area contributed by atoms with E-state index in [0.29, 0.717) is 6.04 Å². The first kappa shape index (κ1) is 16.7. The van der Waals surface area contributed by atoms with E-state index >= 15 is 0 Å². The molecule has 2 N–H and O–H groups in total. The molecule has 0 heterocycles. The first-order chi connectivity index (χ1) is 11.6. The Hall–Kier alpha value is -2.13. The molecule has 0 spiro atoms. The van der Waals surface area contributed by atoms with Crippen LogP contribution in [0.1, 0.15) is 36.8 Å². The fourth-order valence-electron chi connectivity index (χ4n) is 3.58. The third-order valence-corrected chi connectivity index (χ3v) is 5.05. The van der Waals surface area contributed by atoms with Crippen molar-refractivity contribution in [3.8, 4) is 11.1 Å². The van der Waals surface area contributed by atoms with E-state index in [2.05, 4.69) is 54.7 Å². The van der Waals surface area contributed by atoms with E-state index in [9.17, 15) is 4.79 Å². The lowest BCUT2D eigenvalue weighted by molar-refractivity contribution is -0.142. The van der Waals surface area contributed by atoms with Gasteiger partial charge in [-0.3, -0.25) is 4.79 Å². The molecule has 1 fully saturated rings. The van der Waals surface area contributed by atoms with Gasteiger partial charge in [0.2, 0.25) is 0 Å². The number of carboxylic acid groups (broad SMARTS) is 1. The fraction of sp³-hybridized carbons (Fsp3) is 0.381. The number of rotatable bonds is 5. The number of hydrogen-bond donors (Lipinski definition) is 2. The number of carbonyl (C=O) groups is 1. The normalized spacial score (nSPS) is 20.7. The first-order valence-corrected chi connectivity index (χ1v) is 8.74. The molecule has 0 unspecified atom stereocenters. The number of nitrogens with one attached hydrogen (secondary N) is 1. The Morgan fingerprint density at radius 2 is 1.79 bits per heavy atom. The second-order valence-corrected chi connectivity index (χ2v) is 6.78. The molecule has 0 amide bonds. The van der Waals surface area contributed by atoms with Crippen LogP contribution in [0.2, 0.25) is 0 Å². The lowest BCUT2D eigenvalue weighted by Gasteiger charge is -2.27. The third kappa shape index (κ3) is 4.04. The van der Waals surface area contributed by atoms with Gasteiger partial charge in [0.05, 0.1) is 5.92 Å². The van der Waals surface area contributed by atoms with Crippen LogP contribution in [0, 0.1) is 12.8 Å². The van der Waals surface area contributed by atoms with Crippen molar-refractivity contribution in [2.75, 3.05) is 0 Å². The van der Waals surface area contributed by atoms with Gasteiger partial charge in [0, 0.05) is 12.6 Å². The Kier molecular flexibility index (Phi) is 5.31. The highest BCUT2D eigenvalue weighted by atomic mass is 16.4. The monoisotopic (exact) mass is 323 g/mol. The highest BCUT2D eigenvalue weighted by molar-refractivity contribution is 5.70. The molecule has 0 bridgehead atoms. The molecule has 0 saturated heterocycles. The van der Waals surface area contributed by atoms with Gasteiger partial charge in [-0.2, -0.15) is 0 Å². The molecular formula is C21H25NO2. The Morgan fingerprint density at radius 3 is 2.42 bits per heavy atom. The summed E-state index contributed by atoms with van der Waals surface area (Å²) in [4.78, 5) is 11.0. The molecule has 1 aliphatic carbocycles. The fourth-order valence-corrected chi connectivity index (χ4v) is 3.58. The minimum atomic E-state index is -0.638. The summed E-state index contributed by atoms with van der Waals surface area (Å²) in [5.41, 5.74) is 5.10. The smallest absolute Gasteiger partial charge is 0.306 e. The second kappa shape index (κ2) is 7.63. The van der Waals surface area contributed by atoms with E-state index in [1.807, 2.05) is 6.07 Å². The molecule has 0 aromatic heterocycles. The predicted molar refractivity (Wildman–Crippen MR) is 96.8 cm³/mol. The number of benzene rings is 2. The lowest BCUT2D eigenvalue weighted by atomic mass is 9.86. The number of aryl methyl sites for hydroxylation is 1. The molecule has 1 aliphatic rings. The van der Waals surface area contributed by atoms with Crippen molar-refractivity contribution in [1.82, 2.24) is 5.32 Å². The number of aliphatic carboxylic acids is 1. The Balaban J connectivity index is 1.57. The van der Waals surface area contributed by atoms with Crippen molar-refractivity contribution in [3.63, 3.8) is 0 Å². The molecule has 0 radical (unpaired) electrons. The van der Waals surface area contributed by atoms with E-state index < -0.39 is 5.97 Å². The maximum atomic E-state index is 11.0. The van der Waals surface area contributed by atoms with Crippen molar-refractivity contribution in [2.45, 2.75) is 45.2 Å². The standard InChI is InChI=1S/C21H25NO2/c1-15-13-16(7-12-20(15)17-5-3-2-4-6-17)14-22-19-10-8-18(9-11-19)21(23)24/h2-7,12-13,18-19,22H,8-11,14H2,1H3,(H,23,24). The van der Waals surface area contributed by atoms with Gasteiger partial charge in [0.15, 0.2) is 0 Å². The van der Waals surface area contributed by atoms with Gasteiger partial charge < -0.3 is 10.4 Å². The second-order valence-electron chi connectivity index (χ2n) is 6.78. The summed E-state index contributed by atoms with van der Waals surface area (Å²) in [5.74, 6) is -0.781. The molecule has 0 atom stereocenters. The molecule has 2 aromatic carbocycles. The van der Waals surface area contributed by atoms with Gasteiger partial charge in [-0.05, 0) is 54.9 Å². The van der Waals surface area contributed by atoms with Gasteiger partial charge >= 0.3 is 5.97 Å². The zero-order valence-corrected chi connectivity index (χ0v) is 14.2. The third-order valence-electron chi connectivity index (χ3n) is 5.05. The van der Waals surface area contributed by atoms with Crippen molar-refractivity contribution < 1.29 is 9.90 Å². The van der Waals surface area contributed by atoms with Crippen LogP contribution in [-0.2, 0) is 11.3 Å². The van der Waals surface area contributed by atoms with E-state index in [-0.39, 0.29) is 5.92 Å². The summed E-state index contributed by atoms with van der Waals surface area (Å²) < 4.78 is 0. The molecular weight excluding hydrogens is 298 g/mol. The van der Waals surface area contributed by atoms with Crippen LogP contribution in [0.4, 0.5) is 0 Å². The van der Waals surface area contributed by atoms with Gasteiger partial charge in [-0.1, -0.05) is 48.5 Å². The molecule has 0 aliphatic heterocycles. The van der Waals surface area contributed by atoms with E-state index in [1.54, 1.807) is 0 Å². The Labute approximate surface area is 143 Å². The quantitative estimate of drug-likeness (QED) is 0.857. The van der Waals surface area contributed by atoms with Crippen molar-refractivity contribution in [2.24, 2.45) is 5.92 Å². The summed E-state index contributed by atoms with van der Waals surface area (Å²) in [6.07, 6.45) is 3.49. The van der Waals surface area contributed by atoms with E-state index in [4.69, 9.17) is 5.11 Å². The van der Waals surface area contributed by atoms with Crippen molar-refractivity contribution in [1.29, 1.82) is 0 Å². The van der Waals surface area contributed by atoms with Gasteiger partial charge in [-0.25, -0.2) is 0 Å². The van der Waals surface area contributed by atoms with Crippen molar-refractivity contribution >= 4 is 5.97 Å². The van der Waals surface area contributed by atoms with Crippen LogP contribution in [-0.4, -0.2) is 17.1 Å². The van der Waals surface area contributed by atoms with Crippen LogP contribution in [0.25, 0.3) is 11.1 Å². The zero-order chi connectivity index (χ0) is 16.9. The first-order valence-electron chi connectivity index (χ1n) is 8.74. The topological polar surface area (TPSA) is 49.3 Å². The maximum Gasteiger partial charge on any atom is 0.306 e. The Bertz CT molecular complexity index is 688. The summed E-state index contributed by atoms with van der Waals surface area (Å²) >= 11 is 0. The van der Waals surface area contributed by atoms with Crippen LogP contribution in [0.3, 0.4) is 0 Å². The summed E-state index contributed by atoms with van der Waals surface area (Å²) in [7, 11) is 0. The highest BCUT2D eigenvalue weighted by Gasteiger charge is 2.25. The Morgan fingerprint density at radius 1 is 1.08 bits per heavy atom. The average molecular weight is 323 g/mol. The molecule has 3 heteroatoms. The average Bonchev–Trinajstić information content (AvgIpc) is 2.61. The minimum absolute atomic E-state index is 0.143. The molecule has 2 aromatic rings. The molecule has 3 nitrogen and oxygen atoms in total. The summed E-state index contributed by atoms with van der Waals surface area (Å²) in [5, 5.41) is 12.7. The van der Waals surface area contributed by atoms with Gasteiger partial charge in [-0.15, -0.1) is 0 Å².